The van der Waals surface area contributed by atoms with E-state index in [4.69, 9.17) is 14.5 Å². The standard InChI is InChI=1S/C16H21N7O3/c1-21-11-18-15(20-21)16(24)23-6-9-26-10-12(23)14-17-3-2-13(19-14)22-4-7-25-8-5-22/h2-3,11-12H,4-10H2,1H3. The summed E-state index contributed by atoms with van der Waals surface area (Å²) in [5, 5.41) is 4.12. The van der Waals surface area contributed by atoms with Crippen molar-refractivity contribution in [2.24, 2.45) is 7.05 Å². The molecular formula is C16H21N7O3. The number of morpholine rings is 2. The number of amides is 1. The lowest BCUT2D eigenvalue weighted by molar-refractivity contribution is -0.00585. The molecule has 2 aliphatic heterocycles. The largest absolute Gasteiger partial charge is 0.378 e. The van der Waals surface area contributed by atoms with E-state index in [1.165, 1.54) is 11.0 Å². The van der Waals surface area contributed by atoms with Crippen molar-refractivity contribution in [1.82, 2.24) is 29.6 Å². The van der Waals surface area contributed by atoms with Gasteiger partial charge in [-0.1, -0.05) is 0 Å². The zero-order chi connectivity index (χ0) is 17.9. The summed E-state index contributed by atoms with van der Waals surface area (Å²) in [7, 11) is 1.73. The maximum Gasteiger partial charge on any atom is 0.294 e. The predicted molar refractivity (Wildman–Crippen MR) is 90.7 cm³/mol. The Morgan fingerprint density at radius 1 is 1.15 bits per heavy atom. The quantitative estimate of drug-likeness (QED) is 0.734. The first kappa shape index (κ1) is 16.9. The van der Waals surface area contributed by atoms with Crippen molar-refractivity contribution in [3.05, 3.63) is 30.2 Å². The van der Waals surface area contributed by atoms with Crippen LogP contribution >= 0.6 is 0 Å². The molecule has 0 aliphatic carbocycles. The molecule has 0 saturated carbocycles. The van der Waals surface area contributed by atoms with Crippen LogP contribution in [0.5, 0.6) is 0 Å². The van der Waals surface area contributed by atoms with Gasteiger partial charge in [0.2, 0.25) is 5.82 Å². The van der Waals surface area contributed by atoms with Gasteiger partial charge in [0.05, 0.1) is 26.4 Å². The molecule has 1 atom stereocenters. The highest BCUT2D eigenvalue weighted by molar-refractivity contribution is 5.90. The first-order valence-corrected chi connectivity index (χ1v) is 8.62. The Balaban J connectivity index is 1.59. The lowest BCUT2D eigenvalue weighted by atomic mass is 10.2. The molecule has 2 aromatic rings. The highest BCUT2D eigenvalue weighted by Crippen LogP contribution is 2.24. The summed E-state index contributed by atoms with van der Waals surface area (Å²) in [5.41, 5.74) is 0. The summed E-state index contributed by atoms with van der Waals surface area (Å²) < 4.78 is 12.5. The number of aromatic nitrogens is 5. The van der Waals surface area contributed by atoms with Crippen molar-refractivity contribution < 1.29 is 14.3 Å². The van der Waals surface area contributed by atoms with E-state index in [1.54, 1.807) is 18.1 Å². The van der Waals surface area contributed by atoms with Crippen molar-refractivity contribution in [2.45, 2.75) is 6.04 Å². The van der Waals surface area contributed by atoms with Crippen LogP contribution in [0.4, 0.5) is 5.82 Å². The Morgan fingerprint density at radius 2 is 1.96 bits per heavy atom. The first-order valence-electron chi connectivity index (χ1n) is 8.62. The Hall–Kier alpha value is -2.59. The molecule has 0 N–H and O–H groups in total. The van der Waals surface area contributed by atoms with Crippen LogP contribution in [0.1, 0.15) is 22.5 Å². The van der Waals surface area contributed by atoms with Gasteiger partial charge < -0.3 is 19.3 Å². The molecule has 138 valence electrons. The fourth-order valence-corrected chi connectivity index (χ4v) is 3.12. The van der Waals surface area contributed by atoms with Crippen molar-refractivity contribution >= 4 is 11.7 Å². The third-order valence-electron chi connectivity index (χ3n) is 4.47. The summed E-state index contributed by atoms with van der Waals surface area (Å²) in [6.45, 7) is 4.22. The Labute approximate surface area is 150 Å². The summed E-state index contributed by atoms with van der Waals surface area (Å²) >= 11 is 0. The van der Waals surface area contributed by atoms with Gasteiger partial charge in [0.25, 0.3) is 5.91 Å². The van der Waals surface area contributed by atoms with Gasteiger partial charge in [-0.15, -0.1) is 5.10 Å². The van der Waals surface area contributed by atoms with Gasteiger partial charge in [0.1, 0.15) is 18.2 Å². The molecule has 1 amide bonds. The van der Waals surface area contributed by atoms with Crippen LogP contribution in [-0.4, -0.2) is 81.6 Å². The normalized spacial score (nSPS) is 21.0. The monoisotopic (exact) mass is 359 g/mol. The Kier molecular flexibility index (Phi) is 4.76. The van der Waals surface area contributed by atoms with Gasteiger partial charge >= 0.3 is 0 Å². The lowest BCUT2D eigenvalue weighted by Crippen LogP contribution is -2.44. The van der Waals surface area contributed by atoms with Crippen LogP contribution in [0, 0.1) is 0 Å². The zero-order valence-electron chi connectivity index (χ0n) is 14.6. The van der Waals surface area contributed by atoms with E-state index in [9.17, 15) is 4.79 Å². The molecule has 0 aromatic carbocycles. The van der Waals surface area contributed by atoms with Gasteiger partial charge in [-0.25, -0.2) is 15.0 Å². The number of nitrogens with zero attached hydrogens (tertiary/aromatic N) is 7. The molecule has 0 radical (unpaired) electrons. The first-order chi connectivity index (χ1) is 12.7. The highest BCUT2D eigenvalue weighted by Gasteiger charge is 2.33. The fourth-order valence-electron chi connectivity index (χ4n) is 3.12. The highest BCUT2D eigenvalue weighted by atomic mass is 16.5. The van der Waals surface area contributed by atoms with Crippen LogP contribution in [0.3, 0.4) is 0 Å². The molecule has 2 saturated heterocycles. The number of hydrogen-bond acceptors (Lipinski definition) is 8. The third-order valence-corrected chi connectivity index (χ3v) is 4.47. The molecule has 2 fully saturated rings. The number of rotatable bonds is 3. The van der Waals surface area contributed by atoms with Crippen LogP contribution < -0.4 is 4.90 Å². The van der Waals surface area contributed by atoms with Gasteiger partial charge in [-0.3, -0.25) is 9.48 Å². The van der Waals surface area contributed by atoms with Gasteiger partial charge in [0.15, 0.2) is 5.82 Å². The second kappa shape index (κ2) is 7.34. The predicted octanol–water partition coefficient (Wildman–Crippen LogP) is -0.345. The molecular weight excluding hydrogens is 338 g/mol. The zero-order valence-corrected chi connectivity index (χ0v) is 14.6. The van der Waals surface area contributed by atoms with Crippen molar-refractivity contribution in [3.8, 4) is 0 Å². The molecule has 26 heavy (non-hydrogen) atoms. The number of aryl methyl sites for hydroxylation is 1. The molecule has 2 aromatic heterocycles. The summed E-state index contributed by atoms with van der Waals surface area (Å²) in [6.07, 6.45) is 3.24. The Bertz CT molecular complexity index is 775. The Morgan fingerprint density at radius 3 is 2.73 bits per heavy atom. The van der Waals surface area contributed by atoms with E-state index in [0.717, 1.165) is 18.9 Å². The van der Waals surface area contributed by atoms with Gasteiger partial charge in [-0.05, 0) is 6.07 Å². The second-order valence-electron chi connectivity index (χ2n) is 6.20. The number of carbonyl (C=O) groups excluding carboxylic acids is 1. The molecule has 1 unspecified atom stereocenters. The van der Waals surface area contributed by atoms with Crippen molar-refractivity contribution in [3.63, 3.8) is 0 Å². The topological polar surface area (TPSA) is 98.5 Å². The molecule has 2 aliphatic rings. The average molecular weight is 359 g/mol. The number of ether oxygens (including phenoxy) is 2. The van der Waals surface area contributed by atoms with Crippen LogP contribution in [0.2, 0.25) is 0 Å². The van der Waals surface area contributed by atoms with Gasteiger partial charge in [0, 0.05) is 32.9 Å². The fraction of sp³-hybridized carbons (Fsp3) is 0.562. The van der Waals surface area contributed by atoms with E-state index in [2.05, 4.69) is 20.0 Å². The average Bonchev–Trinajstić information content (AvgIpc) is 3.14. The lowest BCUT2D eigenvalue weighted by Gasteiger charge is -2.34. The van der Waals surface area contributed by atoms with Crippen LogP contribution in [-0.2, 0) is 16.5 Å². The number of carbonyl (C=O) groups is 1. The van der Waals surface area contributed by atoms with Gasteiger partial charge in [-0.2, -0.15) is 0 Å². The number of hydrogen-bond donors (Lipinski definition) is 0. The molecule has 0 spiro atoms. The minimum Gasteiger partial charge on any atom is -0.378 e. The smallest absolute Gasteiger partial charge is 0.294 e. The molecule has 4 rings (SSSR count). The van der Waals surface area contributed by atoms with E-state index < -0.39 is 0 Å². The maximum atomic E-state index is 12.8. The minimum absolute atomic E-state index is 0.170. The molecule has 4 heterocycles. The second-order valence-corrected chi connectivity index (χ2v) is 6.20. The summed E-state index contributed by atoms with van der Waals surface area (Å²) in [4.78, 5) is 29.8. The van der Waals surface area contributed by atoms with E-state index in [0.29, 0.717) is 38.8 Å². The van der Waals surface area contributed by atoms with E-state index >= 15 is 0 Å². The molecule has 10 heteroatoms. The third kappa shape index (κ3) is 3.37. The van der Waals surface area contributed by atoms with Crippen molar-refractivity contribution in [1.29, 1.82) is 0 Å². The molecule has 10 nitrogen and oxygen atoms in total. The number of anilines is 1. The van der Waals surface area contributed by atoms with Crippen LogP contribution in [0.25, 0.3) is 0 Å². The van der Waals surface area contributed by atoms with Crippen molar-refractivity contribution in [2.75, 3.05) is 51.0 Å². The SMILES string of the molecule is Cn1cnc(C(=O)N2CCOCC2c2nccc(N3CCOCC3)n2)n1. The minimum atomic E-state index is -0.360. The maximum absolute atomic E-state index is 12.8. The van der Waals surface area contributed by atoms with Crippen LogP contribution in [0.15, 0.2) is 18.6 Å². The van der Waals surface area contributed by atoms with E-state index in [1.807, 2.05) is 6.07 Å². The molecule has 0 bridgehead atoms. The summed E-state index contributed by atoms with van der Waals surface area (Å²) in [5.74, 6) is 1.34. The summed E-state index contributed by atoms with van der Waals surface area (Å²) in [6, 6.07) is 1.52. The van der Waals surface area contributed by atoms with E-state index in [-0.39, 0.29) is 17.8 Å².